The number of halogens is 1. The van der Waals surface area contributed by atoms with Crippen LogP contribution in [0.4, 0.5) is 0 Å². The van der Waals surface area contributed by atoms with Crippen molar-refractivity contribution in [3.8, 4) is 23.1 Å². The molecule has 0 aliphatic heterocycles. The fourth-order valence-electron chi connectivity index (χ4n) is 2.89. The lowest BCUT2D eigenvalue weighted by Crippen LogP contribution is -2.34. The summed E-state index contributed by atoms with van der Waals surface area (Å²) >= 11 is 6.01. The van der Waals surface area contributed by atoms with E-state index < -0.39 is 6.10 Å². The molecule has 0 bridgehead atoms. The van der Waals surface area contributed by atoms with Gasteiger partial charge in [0.15, 0.2) is 0 Å². The largest absolute Gasteiger partial charge is 0.497 e. The summed E-state index contributed by atoms with van der Waals surface area (Å²) in [6, 6.07) is 14.0. The first-order valence-electron chi connectivity index (χ1n) is 9.41. The van der Waals surface area contributed by atoms with E-state index in [-0.39, 0.29) is 31.3 Å². The summed E-state index contributed by atoms with van der Waals surface area (Å²) in [6.07, 6.45) is 0.608. The average molecular weight is 434 g/mol. The SMILES string of the molecule is COc1cccc(-n2cc(O)n(CCNCC(O)COc3ccccc3Cl)c2=O)c1. The molecule has 1 atom stereocenters. The number of para-hydroxylation sites is 1. The van der Waals surface area contributed by atoms with E-state index in [1.807, 2.05) is 0 Å². The predicted molar refractivity (Wildman–Crippen MR) is 114 cm³/mol. The van der Waals surface area contributed by atoms with Gasteiger partial charge in [0, 0.05) is 25.7 Å². The molecule has 1 heterocycles. The number of aromatic hydroxyl groups is 1. The number of aromatic nitrogens is 2. The molecule has 30 heavy (non-hydrogen) atoms. The second kappa shape index (κ2) is 10.2. The van der Waals surface area contributed by atoms with Gasteiger partial charge in [-0.15, -0.1) is 0 Å². The molecule has 1 unspecified atom stereocenters. The Kier molecular flexibility index (Phi) is 7.40. The monoisotopic (exact) mass is 433 g/mol. The Morgan fingerprint density at radius 2 is 2.00 bits per heavy atom. The first-order chi connectivity index (χ1) is 14.5. The van der Waals surface area contributed by atoms with Crippen molar-refractivity contribution in [3.05, 3.63) is 70.2 Å². The van der Waals surface area contributed by atoms with E-state index in [4.69, 9.17) is 21.1 Å². The van der Waals surface area contributed by atoms with Gasteiger partial charge < -0.3 is 25.0 Å². The first-order valence-corrected chi connectivity index (χ1v) is 9.79. The molecule has 0 saturated carbocycles. The van der Waals surface area contributed by atoms with Crippen LogP contribution in [-0.4, -0.2) is 52.3 Å². The van der Waals surface area contributed by atoms with Crippen LogP contribution in [0.1, 0.15) is 0 Å². The molecule has 0 spiro atoms. The number of nitrogens with zero attached hydrogens (tertiary/aromatic N) is 2. The van der Waals surface area contributed by atoms with E-state index in [2.05, 4.69) is 5.32 Å². The van der Waals surface area contributed by atoms with E-state index in [0.29, 0.717) is 28.8 Å². The third-order valence-electron chi connectivity index (χ3n) is 4.45. The number of nitrogens with one attached hydrogen (secondary N) is 1. The molecule has 3 N–H and O–H groups in total. The van der Waals surface area contributed by atoms with Crippen LogP contribution in [0.3, 0.4) is 0 Å². The van der Waals surface area contributed by atoms with Crippen LogP contribution in [0.15, 0.2) is 59.5 Å². The maximum Gasteiger partial charge on any atom is 0.335 e. The minimum Gasteiger partial charge on any atom is -0.497 e. The fraction of sp³-hybridized carbons (Fsp3) is 0.286. The minimum atomic E-state index is -0.757. The zero-order chi connectivity index (χ0) is 21.5. The molecule has 0 aliphatic rings. The Morgan fingerprint density at radius 1 is 1.20 bits per heavy atom. The van der Waals surface area contributed by atoms with Crippen molar-refractivity contribution in [2.24, 2.45) is 0 Å². The number of rotatable bonds is 10. The lowest BCUT2D eigenvalue weighted by Gasteiger charge is -2.14. The normalized spacial score (nSPS) is 12.0. The predicted octanol–water partition coefficient (Wildman–Crippen LogP) is 2.04. The molecular weight excluding hydrogens is 410 g/mol. The van der Waals surface area contributed by atoms with Gasteiger partial charge in [-0.2, -0.15) is 0 Å². The smallest absolute Gasteiger partial charge is 0.335 e. The summed E-state index contributed by atoms with van der Waals surface area (Å²) in [5.74, 6) is 0.974. The van der Waals surface area contributed by atoms with Crippen LogP contribution >= 0.6 is 11.6 Å². The molecule has 0 fully saturated rings. The quantitative estimate of drug-likeness (QED) is 0.423. The number of methoxy groups -OCH3 is 1. The molecule has 1 aromatic heterocycles. The van der Waals surface area contributed by atoms with Crippen LogP contribution in [0, 0.1) is 0 Å². The zero-order valence-electron chi connectivity index (χ0n) is 16.5. The summed E-state index contributed by atoms with van der Waals surface area (Å²) < 4.78 is 13.3. The number of benzene rings is 2. The topological polar surface area (TPSA) is 97.9 Å². The molecule has 0 radical (unpaired) electrons. The summed E-state index contributed by atoms with van der Waals surface area (Å²) in [5, 5.41) is 23.7. The molecule has 160 valence electrons. The first kappa shape index (κ1) is 21.8. The van der Waals surface area contributed by atoms with Crippen LogP contribution in [0.5, 0.6) is 17.4 Å². The molecule has 8 nitrogen and oxygen atoms in total. The lowest BCUT2D eigenvalue weighted by molar-refractivity contribution is 0.106. The Hall–Kier alpha value is -2.94. The van der Waals surface area contributed by atoms with Gasteiger partial charge in [-0.3, -0.25) is 9.13 Å². The van der Waals surface area contributed by atoms with Crippen molar-refractivity contribution in [2.45, 2.75) is 12.6 Å². The van der Waals surface area contributed by atoms with Crippen molar-refractivity contribution in [2.75, 3.05) is 26.8 Å². The second-order valence-electron chi connectivity index (χ2n) is 6.59. The van der Waals surface area contributed by atoms with Crippen LogP contribution < -0.4 is 20.5 Å². The number of aliphatic hydroxyl groups excluding tert-OH is 1. The van der Waals surface area contributed by atoms with E-state index in [0.717, 1.165) is 0 Å². The van der Waals surface area contributed by atoms with Gasteiger partial charge in [0.2, 0.25) is 5.88 Å². The van der Waals surface area contributed by atoms with E-state index in [1.165, 1.54) is 15.3 Å². The van der Waals surface area contributed by atoms with Gasteiger partial charge in [-0.1, -0.05) is 29.8 Å². The number of imidazole rings is 1. The maximum atomic E-state index is 12.6. The van der Waals surface area contributed by atoms with Gasteiger partial charge in [-0.05, 0) is 24.3 Å². The Balaban J connectivity index is 1.51. The molecule has 2 aromatic carbocycles. The van der Waals surface area contributed by atoms with Crippen LogP contribution in [-0.2, 0) is 6.54 Å². The van der Waals surface area contributed by atoms with Gasteiger partial charge >= 0.3 is 5.69 Å². The molecule has 0 amide bonds. The molecule has 0 aliphatic carbocycles. The summed E-state index contributed by atoms with van der Waals surface area (Å²) in [7, 11) is 1.55. The third kappa shape index (κ3) is 5.35. The number of aliphatic hydroxyl groups is 1. The van der Waals surface area contributed by atoms with E-state index in [1.54, 1.807) is 55.6 Å². The van der Waals surface area contributed by atoms with Crippen LogP contribution in [0.25, 0.3) is 5.69 Å². The van der Waals surface area contributed by atoms with Crippen molar-refractivity contribution in [1.82, 2.24) is 14.5 Å². The van der Waals surface area contributed by atoms with Crippen LogP contribution in [0.2, 0.25) is 5.02 Å². The third-order valence-corrected chi connectivity index (χ3v) is 4.76. The van der Waals surface area contributed by atoms with E-state index >= 15 is 0 Å². The highest BCUT2D eigenvalue weighted by molar-refractivity contribution is 6.32. The molecule has 3 rings (SSSR count). The Labute approximate surface area is 178 Å². The van der Waals surface area contributed by atoms with Crippen molar-refractivity contribution in [3.63, 3.8) is 0 Å². The highest BCUT2D eigenvalue weighted by Crippen LogP contribution is 2.23. The summed E-state index contributed by atoms with van der Waals surface area (Å²) in [4.78, 5) is 12.6. The zero-order valence-corrected chi connectivity index (χ0v) is 17.2. The minimum absolute atomic E-state index is 0.0775. The molecule has 0 saturated heterocycles. The van der Waals surface area contributed by atoms with Gasteiger partial charge in [0.25, 0.3) is 0 Å². The summed E-state index contributed by atoms with van der Waals surface area (Å²) in [5.41, 5.74) is 0.221. The standard InChI is InChI=1S/C21H24ClN3O5/c1-29-17-6-4-5-15(11-17)25-13-20(27)24(21(25)28)10-9-23-12-16(26)14-30-19-8-3-2-7-18(19)22/h2-8,11,13,16,23,26-27H,9-10,12,14H2,1H3. The number of hydrogen-bond acceptors (Lipinski definition) is 6. The van der Waals surface area contributed by atoms with Gasteiger partial charge in [0.1, 0.15) is 24.2 Å². The Bertz CT molecular complexity index is 1030. The second-order valence-corrected chi connectivity index (χ2v) is 7.00. The van der Waals surface area contributed by atoms with Crippen molar-refractivity contribution in [1.29, 1.82) is 0 Å². The lowest BCUT2D eigenvalue weighted by atomic mass is 10.3. The molecule has 9 heteroatoms. The van der Waals surface area contributed by atoms with E-state index in [9.17, 15) is 15.0 Å². The van der Waals surface area contributed by atoms with Crippen molar-refractivity contribution >= 4 is 11.6 Å². The highest BCUT2D eigenvalue weighted by atomic mass is 35.5. The Morgan fingerprint density at radius 3 is 2.77 bits per heavy atom. The fourth-order valence-corrected chi connectivity index (χ4v) is 3.08. The molecular formula is C21H24ClN3O5. The number of hydrogen-bond donors (Lipinski definition) is 3. The maximum absolute atomic E-state index is 12.6. The van der Waals surface area contributed by atoms with Gasteiger partial charge in [0.05, 0.1) is 24.0 Å². The number of ether oxygens (including phenoxy) is 2. The molecule has 3 aromatic rings. The van der Waals surface area contributed by atoms with Gasteiger partial charge in [-0.25, -0.2) is 4.79 Å². The van der Waals surface area contributed by atoms with Crippen molar-refractivity contribution < 1.29 is 19.7 Å². The highest BCUT2D eigenvalue weighted by Gasteiger charge is 2.13. The summed E-state index contributed by atoms with van der Waals surface area (Å²) in [6.45, 7) is 0.948. The average Bonchev–Trinajstić information content (AvgIpc) is 3.04.